The first-order chi connectivity index (χ1) is 38.2. The number of thioether (sulfide) groups is 1. The molecule has 23 heteroatoms. The fraction of sp³-hybridized carbons (Fsp3) is 0.536. The zero-order valence-corrected chi connectivity index (χ0v) is 46.2. The van der Waals surface area contributed by atoms with Crippen molar-refractivity contribution in [2.75, 3.05) is 96.2 Å². The molecule has 9 rings (SSSR count). The van der Waals surface area contributed by atoms with Crippen molar-refractivity contribution in [2.45, 2.75) is 102 Å². The molecule has 21 nitrogen and oxygen atoms in total. The van der Waals surface area contributed by atoms with E-state index in [0.717, 1.165) is 55.8 Å². The number of aromatic nitrogens is 4. The topological polar surface area (TPSA) is 239 Å². The molecule has 2 aromatic carbocycles. The summed E-state index contributed by atoms with van der Waals surface area (Å²) in [5.74, 6) is -0.382. The molecular weight excluding hydrogens is 1030 g/mol. The van der Waals surface area contributed by atoms with Gasteiger partial charge in [-0.25, -0.2) is 14.4 Å². The minimum atomic E-state index is -0.689. The summed E-state index contributed by atoms with van der Waals surface area (Å²) in [5.41, 5.74) is 10.2. The molecule has 0 spiro atoms. The first-order valence-electron chi connectivity index (χ1n) is 27.4. The number of amides is 4. The second-order valence-electron chi connectivity index (χ2n) is 20.9. The normalized spacial score (nSPS) is 20.3. The maximum Gasteiger partial charge on any atom is 0.305 e. The van der Waals surface area contributed by atoms with E-state index < -0.39 is 29.8 Å². The highest BCUT2D eigenvalue weighted by Crippen LogP contribution is 2.41. The Bertz CT molecular complexity index is 2960. The number of aryl methyl sites for hydroxylation is 1. The summed E-state index contributed by atoms with van der Waals surface area (Å²) in [6.45, 7) is 16.8. The monoisotopic (exact) mass is 1100 g/mol. The number of nitrogens with one attached hydrogen (secondary N) is 3. The van der Waals surface area contributed by atoms with Crippen LogP contribution in [0.4, 0.5) is 21.8 Å². The van der Waals surface area contributed by atoms with Gasteiger partial charge in [0.15, 0.2) is 17.4 Å². The molecular formula is C56H71FN14O7S. The van der Waals surface area contributed by atoms with Crippen molar-refractivity contribution < 1.29 is 37.8 Å². The molecule has 2 aromatic heterocycles. The number of anilines is 2. The summed E-state index contributed by atoms with van der Waals surface area (Å²) in [7, 11) is 3.33. The van der Waals surface area contributed by atoms with Gasteiger partial charge in [0.05, 0.1) is 85.8 Å². The number of piperidine rings is 1. The SMILES string of the molecule is [C-]#[N+]c1nn(CCNC(=O)CCOCCOCCN2CCC([C@@H](NC(=O)[C@@H](C)NC)C(=O)N3CCC[C@@H]3C3=NC(C(=O)c4ccc(C)cc4)CS3)CC2)c2c1-c1cnc(N)c(n1)N1CCC[C@@H]1c1cc(F)cc(c1)C(=O)N(C)C2. The molecule has 4 aromatic rings. The van der Waals surface area contributed by atoms with Gasteiger partial charge in [-0.05, 0) is 107 Å². The summed E-state index contributed by atoms with van der Waals surface area (Å²) in [4.78, 5) is 93.6. The lowest BCUT2D eigenvalue weighted by Gasteiger charge is -2.38. The standard InChI is InChI=1S/C56H71FN14O7S/c1-34-10-12-37(13-11-34)49(73)42-33-79-54(64-42)44-9-7-19-70(44)56(76)48(65-53(74)35(2)59-3)36-14-20-68(21-15-36)23-25-78-27-26-77-24-16-46(72)61-17-22-71-45-32-67(5)55(75)39-28-38(29-40(57)30-39)43-8-6-18-69(43)52-50(58)62-31-41(63-52)47(45)51(60-4)66-71/h10-13,28-31,35-36,42-44,48,59H,6-9,14-27,32-33H2,1-3,5H3,(H2,58,62)(H,61,72)(H,65,74)/t35-,42?,43-,44-,48-/m1/s1. The van der Waals surface area contributed by atoms with E-state index in [4.69, 9.17) is 31.8 Å². The quantitative estimate of drug-likeness (QED) is 0.0539. The highest BCUT2D eigenvalue weighted by Gasteiger charge is 2.43. The van der Waals surface area contributed by atoms with Crippen LogP contribution >= 0.6 is 11.8 Å². The number of ether oxygens (including phenoxy) is 2. The number of halogens is 1. The lowest BCUT2D eigenvalue weighted by atomic mass is 9.88. The van der Waals surface area contributed by atoms with Gasteiger partial charge in [-0.15, -0.1) is 11.8 Å². The van der Waals surface area contributed by atoms with Crippen molar-refractivity contribution in [3.8, 4) is 11.3 Å². The van der Waals surface area contributed by atoms with Crippen LogP contribution in [-0.2, 0) is 36.9 Å². The number of benzene rings is 2. The number of likely N-dealkylation sites (tertiary alicyclic amines) is 2. The molecule has 5 N–H and O–H groups in total. The fourth-order valence-corrected chi connectivity index (χ4v) is 12.4. The van der Waals surface area contributed by atoms with E-state index in [0.29, 0.717) is 85.5 Å². The third-order valence-corrected chi connectivity index (χ3v) is 16.8. The van der Waals surface area contributed by atoms with Gasteiger partial charge in [0.1, 0.15) is 17.9 Å². The van der Waals surface area contributed by atoms with Crippen LogP contribution in [0.15, 0.2) is 53.7 Å². The predicted octanol–water partition coefficient (Wildman–Crippen LogP) is 4.58. The van der Waals surface area contributed by atoms with Crippen molar-refractivity contribution in [3.63, 3.8) is 0 Å². The van der Waals surface area contributed by atoms with E-state index in [1.807, 2.05) is 41.0 Å². The highest BCUT2D eigenvalue weighted by molar-refractivity contribution is 8.14. The first kappa shape index (κ1) is 56.9. The van der Waals surface area contributed by atoms with Crippen LogP contribution in [0.1, 0.15) is 95.4 Å². The van der Waals surface area contributed by atoms with Crippen molar-refractivity contribution in [3.05, 3.63) is 93.8 Å². The molecule has 0 saturated carbocycles. The Morgan fingerprint density at radius 3 is 2.47 bits per heavy atom. The van der Waals surface area contributed by atoms with Gasteiger partial charge in [0.25, 0.3) is 5.91 Å². The number of nitrogen functional groups attached to an aromatic ring is 1. The number of fused-ring (bicyclic) bond motifs is 9. The Kier molecular flexibility index (Phi) is 18.7. The Morgan fingerprint density at radius 2 is 1.71 bits per heavy atom. The van der Waals surface area contributed by atoms with Crippen LogP contribution in [-0.4, -0.2) is 179 Å². The Morgan fingerprint density at radius 1 is 0.962 bits per heavy atom. The number of ketones is 1. The number of rotatable bonds is 20. The van der Waals surface area contributed by atoms with Crippen LogP contribution < -0.4 is 26.6 Å². The van der Waals surface area contributed by atoms with Crippen molar-refractivity contribution >= 4 is 63.7 Å². The number of aliphatic imine (C=N–C) groups is 1. The maximum absolute atomic E-state index is 15.1. The Balaban J connectivity index is 0.716. The Labute approximate surface area is 464 Å². The summed E-state index contributed by atoms with van der Waals surface area (Å²) in [6.07, 6.45) is 6.11. The summed E-state index contributed by atoms with van der Waals surface area (Å²) < 4.78 is 28.3. The van der Waals surface area contributed by atoms with Crippen LogP contribution in [0.5, 0.6) is 0 Å². The molecule has 1 unspecified atom stereocenters. The number of nitrogens with zero attached hydrogens (tertiary/aromatic N) is 10. The molecule has 79 heavy (non-hydrogen) atoms. The molecule has 3 fully saturated rings. The summed E-state index contributed by atoms with van der Waals surface area (Å²) in [6, 6.07) is 9.76. The summed E-state index contributed by atoms with van der Waals surface area (Å²) >= 11 is 1.56. The number of nitrogens with two attached hydrogens (primary N) is 1. The van der Waals surface area contributed by atoms with E-state index in [-0.39, 0.29) is 91.4 Å². The zero-order valence-electron chi connectivity index (χ0n) is 45.4. The molecule has 5 aliphatic heterocycles. The van der Waals surface area contributed by atoms with Gasteiger partial charge in [0, 0.05) is 56.5 Å². The molecule has 5 atom stereocenters. The number of hydrogen-bond donors (Lipinski definition) is 4. The number of Topliss-reactive ketones (excluding diaryl/α,β-unsaturated/α-hetero) is 1. The molecule has 0 radical (unpaired) electrons. The van der Waals surface area contributed by atoms with Crippen LogP contribution in [0.25, 0.3) is 16.1 Å². The second-order valence-corrected chi connectivity index (χ2v) is 22.0. The van der Waals surface area contributed by atoms with Gasteiger partial charge in [-0.3, -0.25) is 29.0 Å². The maximum atomic E-state index is 15.1. The van der Waals surface area contributed by atoms with Crippen molar-refractivity contribution in [2.24, 2.45) is 10.9 Å². The van der Waals surface area contributed by atoms with Gasteiger partial charge >= 0.3 is 5.82 Å². The summed E-state index contributed by atoms with van der Waals surface area (Å²) in [5, 5.41) is 14.4. The number of carbonyl (C=O) groups excluding carboxylic acids is 5. The van der Waals surface area contributed by atoms with Gasteiger partial charge in [-0.2, -0.15) is 4.68 Å². The lowest BCUT2D eigenvalue weighted by molar-refractivity contribution is -0.138. The lowest BCUT2D eigenvalue weighted by Crippen LogP contribution is -2.58. The third kappa shape index (κ3) is 13.3. The van der Waals surface area contributed by atoms with E-state index in [1.165, 1.54) is 23.2 Å². The first-order valence-corrected chi connectivity index (χ1v) is 28.4. The predicted molar refractivity (Wildman–Crippen MR) is 298 cm³/mol. The number of likely N-dealkylation sites (N-methyl/N-ethyl adjacent to an activating group) is 1. The zero-order chi connectivity index (χ0) is 55.7. The minimum absolute atomic E-state index is 0.000444. The molecule has 420 valence electrons. The van der Waals surface area contributed by atoms with E-state index >= 15 is 4.39 Å². The molecule has 3 saturated heterocycles. The van der Waals surface area contributed by atoms with Crippen molar-refractivity contribution in [1.82, 2.24) is 50.4 Å². The number of hydrogen-bond acceptors (Lipinski definition) is 16. The fourth-order valence-electron chi connectivity index (χ4n) is 11.2. The van der Waals surface area contributed by atoms with E-state index in [1.54, 1.807) is 43.5 Å². The smallest absolute Gasteiger partial charge is 0.305 e. The van der Waals surface area contributed by atoms with Crippen molar-refractivity contribution in [1.29, 1.82) is 0 Å². The third-order valence-electron chi connectivity index (χ3n) is 15.7. The molecule has 4 bridgehead atoms. The van der Waals surface area contributed by atoms with Crippen LogP contribution in [0, 0.1) is 25.2 Å². The largest absolute Gasteiger partial charge is 0.381 e. The molecule has 0 aliphatic carbocycles. The van der Waals surface area contributed by atoms with E-state index in [9.17, 15) is 24.0 Å². The van der Waals surface area contributed by atoms with Gasteiger partial charge in [-0.1, -0.05) is 36.4 Å². The minimum Gasteiger partial charge on any atom is -0.381 e. The van der Waals surface area contributed by atoms with Crippen LogP contribution in [0.2, 0.25) is 0 Å². The van der Waals surface area contributed by atoms with Crippen LogP contribution in [0.3, 0.4) is 0 Å². The average molecular weight is 1100 g/mol. The van der Waals surface area contributed by atoms with E-state index in [2.05, 4.69) is 35.8 Å². The average Bonchev–Trinajstić information content (AvgIpc) is 4.32. The molecule has 4 amide bonds. The molecule has 7 heterocycles. The van der Waals surface area contributed by atoms with Gasteiger partial charge in [0.2, 0.25) is 17.7 Å². The second kappa shape index (κ2) is 26.0. The Hall–Kier alpha value is -6.84. The number of carbonyl (C=O) groups is 5. The molecule has 5 aliphatic rings. The highest BCUT2D eigenvalue weighted by atomic mass is 32.2. The van der Waals surface area contributed by atoms with Gasteiger partial charge < -0.3 is 55.6 Å².